The first-order valence-electron chi connectivity index (χ1n) is 9.46. The summed E-state index contributed by atoms with van der Waals surface area (Å²) >= 11 is 3.99. The number of nitrogens with one attached hydrogen (secondary N) is 1. The van der Waals surface area contributed by atoms with Crippen LogP contribution < -0.4 is 5.32 Å². The molecule has 2 aromatic heterocycles. The van der Waals surface area contributed by atoms with Crippen molar-refractivity contribution in [3.05, 3.63) is 42.4 Å². The van der Waals surface area contributed by atoms with Gasteiger partial charge in [0.2, 0.25) is 5.91 Å². The SMILES string of the molecule is O=C(NCc1ccnc(-n2cccn2)c1)C12C[C@H]3C[C@@H](CC(Br)(C3)C1)C2. The lowest BCUT2D eigenvalue weighted by molar-refractivity contribution is -0.144. The molecule has 136 valence electrons. The van der Waals surface area contributed by atoms with Crippen molar-refractivity contribution in [3.8, 4) is 5.82 Å². The van der Waals surface area contributed by atoms with Crippen LogP contribution in [0.25, 0.3) is 5.82 Å². The smallest absolute Gasteiger partial charge is 0.226 e. The molecule has 0 spiro atoms. The maximum absolute atomic E-state index is 13.2. The summed E-state index contributed by atoms with van der Waals surface area (Å²) < 4.78 is 1.94. The Morgan fingerprint density at radius 1 is 1.27 bits per heavy atom. The second kappa shape index (κ2) is 5.91. The number of aromatic nitrogens is 3. The van der Waals surface area contributed by atoms with Crippen LogP contribution in [0.5, 0.6) is 0 Å². The molecule has 0 saturated heterocycles. The number of hydrogen-bond donors (Lipinski definition) is 1. The van der Waals surface area contributed by atoms with E-state index in [2.05, 4.69) is 31.3 Å². The molecule has 0 radical (unpaired) electrons. The monoisotopic (exact) mass is 414 g/mol. The molecule has 6 heteroatoms. The molecule has 6 rings (SSSR count). The van der Waals surface area contributed by atoms with Gasteiger partial charge in [-0.2, -0.15) is 5.10 Å². The van der Waals surface area contributed by atoms with E-state index in [0.29, 0.717) is 18.4 Å². The minimum Gasteiger partial charge on any atom is -0.352 e. The van der Waals surface area contributed by atoms with Crippen LogP contribution in [0.15, 0.2) is 36.8 Å². The number of carbonyl (C=O) groups is 1. The van der Waals surface area contributed by atoms with E-state index in [9.17, 15) is 4.79 Å². The third-order valence-electron chi connectivity index (χ3n) is 6.47. The molecule has 4 saturated carbocycles. The summed E-state index contributed by atoms with van der Waals surface area (Å²) in [6, 6.07) is 5.82. The molecule has 0 aliphatic heterocycles. The van der Waals surface area contributed by atoms with Crippen molar-refractivity contribution in [3.63, 3.8) is 0 Å². The van der Waals surface area contributed by atoms with Gasteiger partial charge in [-0.25, -0.2) is 9.67 Å². The second-order valence-corrected chi connectivity index (χ2v) is 10.2. The van der Waals surface area contributed by atoms with Crippen LogP contribution in [0, 0.1) is 17.3 Å². The molecule has 4 fully saturated rings. The van der Waals surface area contributed by atoms with Gasteiger partial charge in [0.05, 0.1) is 5.41 Å². The van der Waals surface area contributed by atoms with Crippen molar-refractivity contribution in [2.45, 2.75) is 49.4 Å². The van der Waals surface area contributed by atoms with E-state index < -0.39 is 0 Å². The summed E-state index contributed by atoms with van der Waals surface area (Å²) in [4.78, 5) is 17.5. The first-order valence-corrected chi connectivity index (χ1v) is 10.3. The molecule has 4 bridgehead atoms. The lowest BCUT2D eigenvalue weighted by atomic mass is 9.49. The Kier molecular flexibility index (Phi) is 3.75. The van der Waals surface area contributed by atoms with Crippen molar-refractivity contribution >= 4 is 21.8 Å². The fourth-order valence-electron chi connectivity index (χ4n) is 5.89. The van der Waals surface area contributed by atoms with Crippen molar-refractivity contribution in [2.75, 3.05) is 0 Å². The third kappa shape index (κ3) is 2.79. The molecule has 1 N–H and O–H groups in total. The fraction of sp³-hybridized carbons (Fsp3) is 0.550. The zero-order valence-electron chi connectivity index (χ0n) is 14.7. The summed E-state index contributed by atoms with van der Waals surface area (Å²) in [6.07, 6.45) is 12.3. The predicted molar refractivity (Wildman–Crippen MR) is 102 cm³/mol. The quantitative estimate of drug-likeness (QED) is 0.777. The van der Waals surface area contributed by atoms with Crippen LogP contribution in [0.1, 0.15) is 44.1 Å². The summed E-state index contributed by atoms with van der Waals surface area (Å²) in [5, 5.41) is 7.45. The van der Waals surface area contributed by atoms with Crippen molar-refractivity contribution in [1.29, 1.82) is 0 Å². The molecule has 0 aromatic carbocycles. The van der Waals surface area contributed by atoms with Gasteiger partial charge in [0, 0.05) is 29.5 Å². The van der Waals surface area contributed by atoms with E-state index >= 15 is 0 Å². The van der Waals surface area contributed by atoms with Gasteiger partial charge >= 0.3 is 0 Å². The van der Waals surface area contributed by atoms with Gasteiger partial charge < -0.3 is 5.32 Å². The third-order valence-corrected chi connectivity index (χ3v) is 7.40. The van der Waals surface area contributed by atoms with Crippen LogP contribution >= 0.6 is 15.9 Å². The van der Waals surface area contributed by atoms with E-state index in [1.165, 1.54) is 19.3 Å². The lowest BCUT2D eigenvalue weighted by Crippen LogP contribution is -2.58. The number of amides is 1. The number of halogens is 1. The summed E-state index contributed by atoms with van der Waals surface area (Å²) in [6.45, 7) is 0.544. The Bertz CT molecular complexity index is 820. The van der Waals surface area contributed by atoms with Crippen LogP contribution in [0.3, 0.4) is 0 Å². The first kappa shape index (κ1) is 16.5. The van der Waals surface area contributed by atoms with Gasteiger partial charge in [-0.1, -0.05) is 15.9 Å². The van der Waals surface area contributed by atoms with E-state index in [-0.39, 0.29) is 15.6 Å². The van der Waals surface area contributed by atoms with Gasteiger partial charge in [0.1, 0.15) is 0 Å². The maximum atomic E-state index is 13.2. The number of alkyl halides is 1. The zero-order valence-corrected chi connectivity index (χ0v) is 16.3. The summed E-state index contributed by atoms with van der Waals surface area (Å²) in [5.74, 6) is 2.45. The van der Waals surface area contributed by atoms with Gasteiger partial charge in [-0.15, -0.1) is 0 Å². The Morgan fingerprint density at radius 3 is 2.77 bits per heavy atom. The second-order valence-electron chi connectivity index (χ2n) is 8.55. The Labute approximate surface area is 161 Å². The average Bonchev–Trinajstić information content (AvgIpc) is 3.12. The molecule has 26 heavy (non-hydrogen) atoms. The van der Waals surface area contributed by atoms with Crippen molar-refractivity contribution < 1.29 is 4.79 Å². The lowest BCUT2D eigenvalue weighted by Gasteiger charge is -2.59. The zero-order chi connectivity index (χ0) is 17.8. The topological polar surface area (TPSA) is 59.8 Å². The van der Waals surface area contributed by atoms with Crippen LogP contribution in [-0.2, 0) is 11.3 Å². The van der Waals surface area contributed by atoms with Gasteiger partial charge in [-0.05, 0) is 74.1 Å². The number of hydrogen-bond acceptors (Lipinski definition) is 3. The molecular weight excluding hydrogens is 392 g/mol. The van der Waals surface area contributed by atoms with E-state index in [1.54, 1.807) is 17.1 Å². The maximum Gasteiger partial charge on any atom is 0.226 e. The molecule has 0 unspecified atom stereocenters. The van der Waals surface area contributed by atoms with Gasteiger partial charge in [0.25, 0.3) is 0 Å². The molecular formula is C20H23BrN4O. The highest BCUT2D eigenvalue weighted by Crippen LogP contribution is 2.64. The van der Waals surface area contributed by atoms with E-state index in [4.69, 9.17) is 0 Å². The van der Waals surface area contributed by atoms with Crippen LogP contribution in [-0.4, -0.2) is 25.0 Å². The first-order chi connectivity index (χ1) is 12.5. The summed E-state index contributed by atoms with van der Waals surface area (Å²) in [5.41, 5.74) is 0.892. The highest BCUT2D eigenvalue weighted by Gasteiger charge is 2.59. The summed E-state index contributed by atoms with van der Waals surface area (Å²) in [7, 11) is 0. The number of rotatable bonds is 4. The molecule has 4 aliphatic rings. The molecule has 1 amide bonds. The van der Waals surface area contributed by atoms with Gasteiger partial charge in [-0.3, -0.25) is 4.79 Å². The van der Waals surface area contributed by atoms with Crippen molar-refractivity contribution in [2.24, 2.45) is 17.3 Å². The molecule has 5 nitrogen and oxygen atoms in total. The number of nitrogens with zero attached hydrogens (tertiary/aromatic N) is 3. The van der Waals surface area contributed by atoms with Crippen LogP contribution in [0.4, 0.5) is 0 Å². The molecule has 2 heterocycles. The fourth-order valence-corrected chi connectivity index (χ4v) is 7.34. The predicted octanol–water partition coefficient (Wildman–Crippen LogP) is 3.62. The van der Waals surface area contributed by atoms with E-state index in [0.717, 1.165) is 30.6 Å². The minimum atomic E-state index is -0.161. The Balaban J connectivity index is 1.30. The highest BCUT2D eigenvalue weighted by atomic mass is 79.9. The molecule has 2 atom stereocenters. The van der Waals surface area contributed by atoms with Crippen molar-refractivity contribution in [1.82, 2.24) is 20.1 Å². The Hall–Kier alpha value is -1.69. The highest BCUT2D eigenvalue weighted by molar-refractivity contribution is 9.10. The number of pyridine rings is 1. The molecule has 4 aliphatic carbocycles. The normalized spacial score (nSPS) is 34.8. The van der Waals surface area contributed by atoms with Crippen LogP contribution in [0.2, 0.25) is 0 Å². The molecule has 2 aromatic rings. The average molecular weight is 415 g/mol. The van der Waals surface area contributed by atoms with Gasteiger partial charge in [0.15, 0.2) is 5.82 Å². The standard InChI is InChI=1S/C20H23BrN4O/c21-20-10-15-6-16(11-20)9-19(8-15,13-20)18(26)23-12-14-2-4-22-17(7-14)25-5-1-3-24-25/h1-5,7,15-16H,6,8-13H2,(H,23,26)/t15-,16-,19?,20?/m1/s1. The van der Waals surface area contributed by atoms with E-state index in [1.807, 2.05) is 24.4 Å². The number of carbonyl (C=O) groups excluding carboxylic acids is 1. The Morgan fingerprint density at radius 2 is 2.08 bits per heavy atom. The minimum absolute atomic E-state index is 0.161. The largest absolute Gasteiger partial charge is 0.352 e.